The van der Waals surface area contributed by atoms with Crippen molar-refractivity contribution in [1.82, 2.24) is 5.32 Å². The first kappa shape index (κ1) is 41.1. The number of carbonyl (C=O) groups is 1. The number of hydrogen-bond acceptors (Lipinski definition) is 4. The van der Waals surface area contributed by atoms with Gasteiger partial charge in [0.25, 0.3) is 0 Å². The highest BCUT2D eigenvalue weighted by Gasteiger charge is 2.26. The van der Waals surface area contributed by atoms with Crippen LogP contribution in [-0.4, -0.2) is 46.1 Å². The van der Waals surface area contributed by atoms with E-state index in [1.165, 1.54) is 122 Å². The van der Waals surface area contributed by atoms with Crippen LogP contribution in [0.2, 0.25) is 0 Å². The molecule has 0 aliphatic carbocycles. The minimum absolute atomic E-state index is 0.155. The third kappa shape index (κ3) is 27.9. The van der Waals surface area contributed by atoms with Crippen LogP contribution in [0.1, 0.15) is 194 Å². The van der Waals surface area contributed by atoms with Gasteiger partial charge in [-0.15, -0.1) is 0 Å². The summed E-state index contributed by atoms with van der Waals surface area (Å²) in [6.45, 7) is 4.14. The smallest absolute Gasteiger partial charge is 0.220 e. The minimum atomic E-state index is -1.13. The van der Waals surface area contributed by atoms with E-state index >= 15 is 0 Å². The molecule has 5 nitrogen and oxygen atoms in total. The molecular formula is C37H73NO4. The molecule has 0 aliphatic rings. The summed E-state index contributed by atoms with van der Waals surface area (Å²) in [6, 6.07) is -0.808. The fourth-order valence-corrected chi connectivity index (χ4v) is 5.68. The summed E-state index contributed by atoms with van der Waals surface area (Å²) in [5, 5.41) is 33.3. The second kappa shape index (κ2) is 33.0. The Bertz CT molecular complexity index is 582. The van der Waals surface area contributed by atoms with Crippen LogP contribution < -0.4 is 5.32 Å². The number of rotatable bonds is 33. The number of aliphatic hydroxyl groups is 3. The number of hydrogen-bond donors (Lipinski definition) is 4. The number of carbonyl (C=O) groups excluding carboxylic acids is 1. The van der Waals surface area contributed by atoms with E-state index in [1.54, 1.807) is 0 Å². The molecule has 5 heteroatoms. The maximum Gasteiger partial charge on any atom is 0.220 e. The van der Waals surface area contributed by atoms with Crippen LogP contribution >= 0.6 is 0 Å². The third-order valence-corrected chi connectivity index (χ3v) is 8.62. The summed E-state index contributed by atoms with van der Waals surface area (Å²) in [4.78, 5) is 12.3. The van der Waals surface area contributed by atoms with E-state index in [0.29, 0.717) is 12.8 Å². The molecule has 0 aromatic carbocycles. The van der Waals surface area contributed by atoms with Crippen LogP contribution in [0.3, 0.4) is 0 Å². The molecule has 0 bridgehead atoms. The normalized spacial score (nSPS) is 13.9. The molecular weight excluding hydrogens is 522 g/mol. The Kier molecular flexibility index (Phi) is 32.3. The predicted octanol–water partition coefficient (Wildman–Crippen LogP) is 9.70. The maximum absolute atomic E-state index is 12.3. The van der Waals surface area contributed by atoms with E-state index in [0.717, 1.165) is 44.9 Å². The fraction of sp³-hybridized carbons (Fsp3) is 0.919. The first-order valence-electron chi connectivity index (χ1n) is 18.5. The van der Waals surface area contributed by atoms with Gasteiger partial charge in [0.1, 0.15) is 6.10 Å². The zero-order valence-electron chi connectivity index (χ0n) is 28.1. The molecule has 0 spiro atoms. The lowest BCUT2D eigenvalue weighted by molar-refractivity contribution is -0.124. The van der Waals surface area contributed by atoms with Gasteiger partial charge in [0.05, 0.1) is 18.8 Å². The van der Waals surface area contributed by atoms with Crippen LogP contribution in [0.25, 0.3) is 0 Å². The Labute approximate surface area is 261 Å². The standard InChI is InChI=1S/C37H73NO4/c1-3-5-7-9-11-13-15-17-18-19-20-21-23-25-27-29-31-35(40)37(42)34(33-39)38-36(41)32-30-28-26-24-22-16-14-12-10-8-6-4-2/h12,14,34-35,37,39-40,42H,3-11,13,15-33H2,1-2H3,(H,38,41)/b14-12-. The molecule has 0 rings (SSSR count). The van der Waals surface area contributed by atoms with Crippen molar-refractivity contribution in [2.75, 3.05) is 6.61 Å². The van der Waals surface area contributed by atoms with Crippen molar-refractivity contribution in [3.63, 3.8) is 0 Å². The van der Waals surface area contributed by atoms with Gasteiger partial charge < -0.3 is 20.6 Å². The van der Waals surface area contributed by atoms with E-state index in [4.69, 9.17) is 0 Å². The number of aliphatic hydroxyl groups excluding tert-OH is 3. The van der Waals surface area contributed by atoms with Crippen molar-refractivity contribution in [2.45, 2.75) is 212 Å². The molecule has 42 heavy (non-hydrogen) atoms. The van der Waals surface area contributed by atoms with Gasteiger partial charge in [-0.25, -0.2) is 0 Å². The summed E-state index contributed by atoms with van der Waals surface area (Å²) < 4.78 is 0. The van der Waals surface area contributed by atoms with E-state index < -0.39 is 18.2 Å². The first-order valence-corrected chi connectivity index (χ1v) is 18.5. The average molecular weight is 596 g/mol. The zero-order valence-corrected chi connectivity index (χ0v) is 28.1. The van der Waals surface area contributed by atoms with E-state index in [2.05, 4.69) is 31.3 Å². The van der Waals surface area contributed by atoms with Crippen molar-refractivity contribution in [3.05, 3.63) is 12.2 Å². The highest BCUT2D eigenvalue weighted by Crippen LogP contribution is 2.16. The Morgan fingerprint density at radius 2 is 0.952 bits per heavy atom. The molecule has 0 radical (unpaired) electrons. The highest BCUT2D eigenvalue weighted by molar-refractivity contribution is 5.76. The highest BCUT2D eigenvalue weighted by atomic mass is 16.3. The van der Waals surface area contributed by atoms with Crippen molar-refractivity contribution in [1.29, 1.82) is 0 Å². The van der Waals surface area contributed by atoms with Gasteiger partial charge in [0, 0.05) is 6.42 Å². The van der Waals surface area contributed by atoms with Crippen molar-refractivity contribution in [2.24, 2.45) is 0 Å². The molecule has 3 atom stereocenters. The van der Waals surface area contributed by atoms with Crippen molar-refractivity contribution in [3.8, 4) is 0 Å². The maximum atomic E-state index is 12.3. The summed E-state index contributed by atoms with van der Waals surface area (Å²) in [6.07, 6.45) is 35.8. The second-order valence-corrected chi connectivity index (χ2v) is 12.8. The molecule has 3 unspecified atom stereocenters. The Morgan fingerprint density at radius 3 is 1.43 bits per heavy atom. The predicted molar refractivity (Wildman–Crippen MR) is 181 cm³/mol. The molecule has 0 aromatic heterocycles. The van der Waals surface area contributed by atoms with E-state index in [9.17, 15) is 20.1 Å². The minimum Gasteiger partial charge on any atom is -0.394 e. The average Bonchev–Trinajstić information content (AvgIpc) is 2.99. The Balaban J connectivity index is 3.68. The SMILES string of the molecule is CCCCC/C=C\CCCCCCCC(=O)NC(CO)C(O)C(O)CCCCCCCCCCCCCCCCCC. The molecule has 250 valence electrons. The zero-order chi connectivity index (χ0) is 30.9. The summed E-state index contributed by atoms with van der Waals surface area (Å²) in [5.74, 6) is -0.155. The third-order valence-electron chi connectivity index (χ3n) is 8.62. The lowest BCUT2D eigenvalue weighted by Crippen LogP contribution is -2.50. The van der Waals surface area contributed by atoms with Gasteiger partial charge in [0.2, 0.25) is 5.91 Å². The van der Waals surface area contributed by atoms with Gasteiger partial charge in [-0.05, 0) is 38.5 Å². The molecule has 4 N–H and O–H groups in total. The molecule has 0 fully saturated rings. The molecule has 0 saturated heterocycles. The van der Waals surface area contributed by atoms with Gasteiger partial charge in [-0.2, -0.15) is 0 Å². The number of allylic oxidation sites excluding steroid dienone is 2. The van der Waals surface area contributed by atoms with E-state index in [-0.39, 0.29) is 12.5 Å². The second-order valence-electron chi connectivity index (χ2n) is 12.8. The molecule has 0 aliphatic heterocycles. The topological polar surface area (TPSA) is 89.8 Å². The Morgan fingerprint density at radius 1 is 0.571 bits per heavy atom. The molecule has 1 amide bonds. The van der Waals surface area contributed by atoms with Crippen LogP contribution in [0.4, 0.5) is 0 Å². The van der Waals surface area contributed by atoms with Gasteiger partial charge in [0.15, 0.2) is 0 Å². The fourth-order valence-electron chi connectivity index (χ4n) is 5.68. The van der Waals surface area contributed by atoms with Crippen LogP contribution in [0, 0.1) is 0 Å². The van der Waals surface area contributed by atoms with Gasteiger partial charge in [-0.3, -0.25) is 4.79 Å². The van der Waals surface area contributed by atoms with Gasteiger partial charge >= 0.3 is 0 Å². The summed E-state index contributed by atoms with van der Waals surface area (Å²) in [5.41, 5.74) is 0. The number of amides is 1. The number of nitrogens with one attached hydrogen (secondary N) is 1. The van der Waals surface area contributed by atoms with Crippen LogP contribution in [-0.2, 0) is 4.79 Å². The quantitative estimate of drug-likeness (QED) is 0.0449. The molecule has 0 aromatic rings. The monoisotopic (exact) mass is 596 g/mol. The number of unbranched alkanes of at least 4 members (excludes halogenated alkanes) is 23. The van der Waals surface area contributed by atoms with Crippen LogP contribution in [0.5, 0.6) is 0 Å². The van der Waals surface area contributed by atoms with Crippen LogP contribution in [0.15, 0.2) is 12.2 Å². The largest absolute Gasteiger partial charge is 0.394 e. The van der Waals surface area contributed by atoms with Crippen molar-refractivity contribution < 1.29 is 20.1 Å². The first-order chi connectivity index (χ1) is 20.6. The molecule has 0 saturated carbocycles. The molecule has 0 heterocycles. The lowest BCUT2D eigenvalue weighted by atomic mass is 9.99. The Hall–Kier alpha value is -0.910. The summed E-state index contributed by atoms with van der Waals surface area (Å²) >= 11 is 0. The van der Waals surface area contributed by atoms with Crippen molar-refractivity contribution >= 4 is 5.91 Å². The lowest BCUT2D eigenvalue weighted by Gasteiger charge is -2.26. The van der Waals surface area contributed by atoms with Gasteiger partial charge in [-0.1, -0.05) is 161 Å². The summed E-state index contributed by atoms with van der Waals surface area (Å²) in [7, 11) is 0. The van der Waals surface area contributed by atoms with E-state index in [1.807, 2.05) is 0 Å².